The highest BCUT2D eigenvalue weighted by molar-refractivity contribution is 5.56. The van der Waals surface area contributed by atoms with E-state index in [4.69, 9.17) is 4.42 Å². The van der Waals surface area contributed by atoms with Gasteiger partial charge >= 0.3 is 0 Å². The van der Waals surface area contributed by atoms with Gasteiger partial charge in [-0.2, -0.15) is 0 Å². The van der Waals surface area contributed by atoms with E-state index in [2.05, 4.69) is 26.0 Å². The van der Waals surface area contributed by atoms with Gasteiger partial charge in [0.1, 0.15) is 11.5 Å². The van der Waals surface area contributed by atoms with Crippen LogP contribution in [0.2, 0.25) is 0 Å². The number of rotatable bonds is 2. The molecule has 1 rings (SSSR count). The van der Waals surface area contributed by atoms with Crippen molar-refractivity contribution in [3.8, 4) is 0 Å². The number of aryl methyl sites for hydroxylation is 2. The summed E-state index contributed by atoms with van der Waals surface area (Å²) in [4.78, 5) is 0. The number of hydrogen-bond acceptors (Lipinski definition) is 1. The van der Waals surface area contributed by atoms with E-state index in [0.29, 0.717) is 0 Å². The Kier molecular flexibility index (Phi) is 2.74. The van der Waals surface area contributed by atoms with Crippen molar-refractivity contribution in [2.24, 2.45) is 0 Å². The molecule has 0 unspecified atom stereocenters. The van der Waals surface area contributed by atoms with Crippen LogP contribution in [0.1, 0.15) is 36.5 Å². The molecule has 0 fully saturated rings. The Bertz CT molecular complexity index is 292. The Morgan fingerprint density at radius 3 is 2.50 bits per heavy atom. The van der Waals surface area contributed by atoms with E-state index in [0.717, 1.165) is 17.9 Å². The van der Waals surface area contributed by atoms with Crippen molar-refractivity contribution in [3.63, 3.8) is 0 Å². The predicted molar refractivity (Wildman–Crippen MR) is 52.3 cm³/mol. The maximum absolute atomic E-state index is 5.60. The summed E-state index contributed by atoms with van der Waals surface area (Å²) in [6, 6.07) is 0. The van der Waals surface area contributed by atoms with Crippen molar-refractivity contribution in [2.45, 2.75) is 34.1 Å². The fourth-order valence-corrected chi connectivity index (χ4v) is 1.36. The predicted octanol–water partition coefficient (Wildman–Crippen LogP) is 3.49. The molecule has 0 aliphatic heterocycles. The van der Waals surface area contributed by atoms with Crippen molar-refractivity contribution >= 4 is 6.08 Å². The molecule has 1 nitrogen and oxygen atoms in total. The molecule has 0 saturated heterocycles. The summed E-state index contributed by atoms with van der Waals surface area (Å²) in [7, 11) is 0. The van der Waals surface area contributed by atoms with Gasteiger partial charge < -0.3 is 4.42 Å². The van der Waals surface area contributed by atoms with Gasteiger partial charge in [-0.1, -0.05) is 19.1 Å². The molecule has 1 heterocycles. The Balaban J connectivity index is 3.21. The van der Waals surface area contributed by atoms with Crippen LogP contribution in [0.15, 0.2) is 10.5 Å². The standard InChI is InChI=1S/C11H16O/c1-5-7-10-8(3)9(4)12-11(10)6-2/h5,7H,6H2,1-4H3/b7-5-. The van der Waals surface area contributed by atoms with Gasteiger partial charge in [-0.3, -0.25) is 0 Å². The van der Waals surface area contributed by atoms with Crippen molar-refractivity contribution in [3.05, 3.63) is 28.7 Å². The second kappa shape index (κ2) is 3.61. The van der Waals surface area contributed by atoms with Crippen LogP contribution in [-0.4, -0.2) is 0 Å². The lowest BCUT2D eigenvalue weighted by atomic mass is 10.1. The SMILES string of the molecule is C/C=C\c1c(CC)oc(C)c1C. The van der Waals surface area contributed by atoms with Crippen LogP contribution in [0.4, 0.5) is 0 Å². The molecule has 0 spiro atoms. The zero-order valence-electron chi connectivity index (χ0n) is 8.27. The minimum Gasteiger partial charge on any atom is -0.465 e. The molecule has 0 amide bonds. The molecule has 0 atom stereocenters. The zero-order valence-corrected chi connectivity index (χ0v) is 8.27. The Labute approximate surface area is 74.1 Å². The minimum atomic E-state index is 0.967. The monoisotopic (exact) mass is 164 g/mol. The topological polar surface area (TPSA) is 13.1 Å². The van der Waals surface area contributed by atoms with Crippen LogP contribution in [0.3, 0.4) is 0 Å². The van der Waals surface area contributed by atoms with Crippen LogP contribution >= 0.6 is 0 Å². The van der Waals surface area contributed by atoms with E-state index in [1.54, 1.807) is 0 Å². The summed E-state index contributed by atoms with van der Waals surface area (Å²) in [5.74, 6) is 2.14. The third-order valence-corrected chi connectivity index (χ3v) is 2.16. The van der Waals surface area contributed by atoms with Gasteiger partial charge in [0.2, 0.25) is 0 Å². The maximum Gasteiger partial charge on any atom is 0.111 e. The second-order valence-corrected chi connectivity index (χ2v) is 2.97. The molecular formula is C11H16O. The van der Waals surface area contributed by atoms with Crippen LogP contribution in [0.25, 0.3) is 6.08 Å². The molecular weight excluding hydrogens is 148 g/mol. The molecule has 0 bridgehead atoms. The summed E-state index contributed by atoms with van der Waals surface area (Å²) in [6.07, 6.45) is 5.13. The van der Waals surface area contributed by atoms with E-state index in [1.807, 2.05) is 13.8 Å². The third-order valence-electron chi connectivity index (χ3n) is 2.16. The fraction of sp³-hybridized carbons (Fsp3) is 0.455. The summed E-state index contributed by atoms with van der Waals surface area (Å²) < 4.78 is 5.60. The highest BCUT2D eigenvalue weighted by Gasteiger charge is 2.09. The molecule has 0 aliphatic carbocycles. The van der Waals surface area contributed by atoms with Gasteiger partial charge in [0, 0.05) is 12.0 Å². The van der Waals surface area contributed by atoms with E-state index < -0.39 is 0 Å². The average Bonchev–Trinajstić information content (AvgIpc) is 2.33. The van der Waals surface area contributed by atoms with Gasteiger partial charge in [-0.25, -0.2) is 0 Å². The zero-order chi connectivity index (χ0) is 9.14. The number of furan rings is 1. The lowest BCUT2D eigenvalue weighted by Gasteiger charge is -1.92. The second-order valence-electron chi connectivity index (χ2n) is 2.97. The first-order valence-corrected chi connectivity index (χ1v) is 4.42. The molecule has 0 aromatic carbocycles. The van der Waals surface area contributed by atoms with Gasteiger partial charge in [0.05, 0.1) is 0 Å². The van der Waals surface area contributed by atoms with Crippen molar-refractivity contribution in [1.82, 2.24) is 0 Å². The quantitative estimate of drug-likeness (QED) is 0.652. The Morgan fingerprint density at radius 2 is 2.00 bits per heavy atom. The highest BCUT2D eigenvalue weighted by Crippen LogP contribution is 2.23. The van der Waals surface area contributed by atoms with Crippen LogP contribution in [0, 0.1) is 13.8 Å². The van der Waals surface area contributed by atoms with Gasteiger partial charge in [-0.15, -0.1) is 0 Å². The molecule has 0 N–H and O–H groups in total. The van der Waals surface area contributed by atoms with Crippen molar-refractivity contribution in [2.75, 3.05) is 0 Å². The lowest BCUT2D eigenvalue weighted by Crippen LogP contribution is -1.80. The largest absolute Gasteiger partial charge is 0.465 e. The molecule has 0 aliphatic rings. The van der Waals surface area contributed by atoms with E-state index in [9.17, 15) is 0 Å². The number of allylic oxidation sites excluding steroid dienone is 1. The molecule has 66 valence electrons. The summed E-state index contributed by atoms with van der Waals surface area (Å²) in [6.45, 7) is 8.26. The first-order valence-electron chi connectivity index (χ1n) is 4.42. The normalized spacial score (nSPS) is 11.3. The summed E-state index contributed by atoms with van der Waals surface area (Å²) >= 11 is 0. The van der Waals surface area contributed by atoms with Crippen LogP contribution < -0.4 is 0 Å². The third kappa shape index (κ3) is 1.45. The Hall–Kier alpha value is -0.980. The van der Waals surface area contributed by atoms with E-state index >= 15 is 0 Å². The molecule has 1 aromatic heterocycles. The first kappa shape index (κ1) is 9.11. The lowest BCUT2D eigenvalue weighted by molar-refractivity contribution is 0.486. The minimum absolute atomic E-state index is 0.967. The van der Waals surface area contributed by atoms with Crippen molar-refractivity contribution < 1.29 is 4.42 Å². The van der Waals surface area contributed by atoms with E-state index in [-0.39, 0.29) is 0 Å². The first-order chi connectivity index (χ1) is 5.70. The molecule has 12 heavy (non-hydrogen) atoms. The van der Waals surface area contributed by atoms with Gasteiger partial charge in [0.15, 0.2) is 0 Å². The summed E-state index contributed by atoms with van der Waals surface area (Å²) in [5, 5.41) is 0. The Morgan fingerprint density at radius 1 is 1.33 bits per heavy atom. The van der Waals surface area contributed by atoms with Gasteiger partial charge in [0.25, 0.3) is 0 Å². The smallest absolute Gasteiger partial charge is 0.111 e. The maximum atomic E-state index is 5.60. The van der Waals surface area contributed by atoms with E-state index in [1.165, 1.54) is 11.1 Å². The summed E-state index contributed by atoms with van der Waals surface area (Å²) in [5.41, 5.74) is 2.53. The van der Waals surface area contributed by atoms with Crippen LogP contribution in [0.5, 0.6) is 0 Å². The fourth-order valence-electron chi connectivity index (χ4n) is 1.36. The molecule has 1 heteroatoms. The molecule has 0 radical (unpaired) electrons. The molecule has 0 saturated carbocycles. The van der Waals surface area contributed by atoms with Gasteiger partial charge in [-0.05, 0) is 26.3 Å². The van der Waals surface area contributed by atoms with Crippen LogP contribution in [-0.2, 0) is 6.42 Å². The number of hydrogen-bond donors (Lipinski definition) is 0. The average molecular weight is 164 g/mol. The molecule has 1 aromatic rings. The van der Waals surface area contributed by atoms with Crippen molar-refractivity contribution in [1.29, 1.82) is 0 Å². The highest BCUT2D eigenvalue weighted by atomic mass is 16.3.